The molecule has 14 heavy (non-hydrogen) atoms. The van der Waals surface area contributed by atoms with Gasteiger partial charge in [0, 0.05) is 18.0 Å². The summed E-state index contributed by atoms with van der Waals surface area (Å²) in [6, 6.07) is 5.82. The van der Waals surface area contributed by atoms with E-state index in [4.69, 9.17) is 5.73 Å². The van der Waals surface area contributed by atoms with Crippen LogP contribution in [-0.2, 0) is 6.54 Å². The lowest BCUT2D eigenvalue weighted by Gasteiger charge is -1.99. The van der Waals surface area contributed by atoms with Crippen molar-refractivity contribution in [2.45, 2.75) is 13.5 Å². The zero-order chi connectivity index (χ0) is 9.97. The van der Waals surface area contributed by atoms with Crippen LogP contribution in [0.5, 0.6) is 0 Å². The van der Waals surface area contributed by atoms with Crippen molar-refractivity contribution in [3.63, 3.8) is 0 Å². The Bertz CT molecular complexity index is 399. The number of nitrogen functional groups attached to an aromatic ring is 1. The lowest BCUT2D eigenvalue weighted by Crippen LogP contribution is -2.02. The number of anilines is 1. The average Bonchev–Trinajstić information content (AvgIpc) is 2.47. The summed E-state index contributed by atoms with van der Waals surface area (Å²) < 4.78 is 1.80. The lowest BCUT2D eigenvalue weighted by molar-refractivity contribution is 0.675. The van der Waals surface area contributed by atoms with Crippen molar-refractivity contribution in [1.29, 1.82) is 0 Å². The number of hydrogen-bond donors (Lipinski definition) is 1. The molecular weight excluding hydrogens is 176 g/mol. The van der Waals surface area contributed by atoms with Crippen LogP contribution < -0.4 is 5.73 Å². The van der Waals surface area contributed by atoms with E-state index >= 15 is 0 Å². The number of nitrogens with two attached hydrogens (primary N) is 1. The summed E-state index contributed by atoms with van der Waals surface area (Å²) in [5.74, 6) is 0.584. The average molecular weight is 188 g/mol. The highest BCUT2D eigenvalue weighted by molar-refractivity contribution is 5.35. The molecule has 0 radical (unpaired) electrons. The predicted molar refractivity (Wildman–Crippen MR) is 54.7 cm³/mol. The number of pyridine rings is 1. The van der Waals surface area contributed by atoms with E-state index in [-0.39, 0.29) is 0 Å². The minimum Gasteiger partial charge on any atom is -0.382 e. The van der Waals surface area contributed by atoms with Crippen LogP contribution in [0.4, 0.5) is 5.82 Å². The van der Waals surface area contributed by atoms with E-state index in [1.807, 2.05) is 31.3 Å². The molecule has 0 aliphatic carbocycles. The monoisotopic (exact) mass is 188 g/mol. The van der Waals surface area contributed by atoms with Crippen LogP contribution in [0, 0.1) is 6.92 Å². The molecular formula is C10H12N4. The van der Waals surface area contributed by atoms with E-state index in [9.17, 15) is 0 Å². The summed E-state index contributed by atoms with van der Waals surface area (Å²) in [6.07, 6.45) is 3.69. The smallest absolute Gasteiger partial charge is 0.148 e. The Hall–Kier alpha value is -1.84. The highest BCUT2D eigenvalue weighted by Gasteiger charge is 2.01. The zero-order valence-corrected chi connectivity index (χ0v) is 8.01. The highest BCUT2D eigenvalue weighted by Crippen LogP contribution is 2.07. The maximum Gasteiger partial charge on any atom is 0.148 e. The van der Waals surface area contributed by atoms with Gasteiger partial charge in [-0.05, 0) is 19.1 Å². The first-order valence-corrected chi connectivity index (χ1v) is 4.45. The molecule has 0 aliphatic rings. The fourth-order valence-corrected chi connectivity index (χ4v) is 1.27. The quantitative estimate of drug-likeness (QED) is 0.770. The molecule has 0 saturated carbocycles. The molecule has 2 rings (SSSR count). The lowest BCUT2D eigenvalue weighted by atomic mass is 10.3. The van der Waals surface area contributed by atoms with Gasteiger partial charge < -0.3 is 5.73 Å². The molecule has 4 heteroatoms. The van der Waals surface area contributed by atoms with Crippen LogP contribution in [-0.4, -0.2) is 14.8 Å². The van der Waals surface area contributed by atoms with Gasteiger partial charge in [0.2, 0.25) is 0 Å². The number of aryl methyl sites for hydroxylation is 1. The molecule has 0 aliphatic heterocycles. The molecule has 2 aromatic heterocycles. The van der Waals surface area contributed by atoms with E-state index in [1.54, 1.807) is 10.9 Å². The molecule has 0 fully saturated rings. The van der Waals surface area contributed by atoms with Crippen molar-refractivity contribution in [3.05, 3.63) is 41.9 Å². The summed E-state index contributed by atoms with van der Waals surface area (Å²) in [6.45, 7) is 2.61. The van der Waals surface area contributed by atoms with Crippen molar-refractivity contribution in [2.75, 3.05) is 5.73 Å². The summed E-state index contributed by atoms with van der Waals surface area (Å²) in [4.78, 5) is 4.21. The minimum absolute atomic E-state index is 0.584. The van der Waals surface area contributed by atoms with E-state index in [1.165, 1.54) is 0 Å². The molecule has 0 atom stereocenters. The molecule has 2 heterocycles. The Labute approximate surface area is 82.4 Å². The molecule has 4 nitrogen and oxygen atoms in total. The topological polar surface area (TPSA) is 56.7 Å². The van der Waals surface area contributed by atoms with Gasteiger partial charge in [0.05, 0.1) is 12.2 Å². The van der Waals surface area contributed by atoms with Crippen molar-refractivity contribution < 1.29 is 0 Å². The summed E-state index contributed by atoms with van der Waals surface area (Å²) in [5.41, 5.74) is 7.62. The predicted octanol–water partition coefficient (Wildman–Crippen LogP) is 1.22. The second kappa shape index (κ2) is 3.49. The standard InChI is InChI=1S/C10H12N4/c1-8-6-14(13-10(8)11)7-9-4-2-3-5-12-9/h2-6H,7H2,1H3,(H2,11,13). The molecule has 2 aromatic rings. The van der Waals surface area contributed by atoms with Gasteiger partial charge in [0.15, 0.2) is 0 Å². The third-order valence-electron chi connectivity index (χ3n) is 2.03. The van der Waals surface area contributed by atoms with Crippen LogP contribution in [0.2, 0.25) is 0 Å². The maximum absolute atomic E-state index is 5.64. The fourth-order valence-electron chi connectivity index (χ4n) is 1.27. The van der Waals surface area contributed by atoms with E-state index in [0.29, 0.717) is 12.4 Å². The van der Waals surface area contributed by atoms with E-state index < -0.39 is 0 Å². The van der Waals surface area contributed by atoms with Crippen LogP contribution in [0.25, 0.3) is 0 Å². The first-order valence-electron chi connectivity index (χ1n) is 4.45. The van der Waals surface area contributed by atoms with Gasteiger partial charge in [0.25, 0.3) is 0 Å². The summed E-state index contributed by atoms with van der Waals surface area (Å²) >= 11 is 0. The van der Waals surface area contributed by atoms with E-state index in [0.717, 1.165) is 11.3 Å². The molecule has 0 unspecified atom stereocenters. The Morgan fingerprint density at radius 3 is 2.86 bits per heavy atom. The van der Waals surface area contributed by atoms with Crippen molar-refractivity contribution >= 4 is 5.82 Å². The first-order chi connectivity index (χ1) is 6.75. The Morgan fingerprint density at radius 2 is 2.29 bits per heavy atom. The summed E-state index contributed by atoms with van der Waals surface area (Å²) in [7, 11) is 0. The number of hydrogen-bond acceptors (Lipinski definition) is 3. The molecule has 72 valence electrons. The van der Waals surface area contributed by atoms with E-state index in [2.05, 4.69) is 10.1 Å². The normalized spacial score (nSPS) is 10.4. The fraction of sp³-hybridized carbons (Fsp3) is 0.200. The van der Waals surface area contributed by atoms with Crippen LogP contribution in [0.3, 0.4) is 0 Å². The second-order valence-corrected chi connectivity index (χ2v) is 3.22. The third-order valence-corrected chi connectivity index (χ3v) is 2.03. The van der Waals surface area contributed by atoms with Crippen LogP contribution in [0.15, 0.2) is 30.6 Å². The van der Waals surface area contributed by atoms with Gasteiger partial charge in [-0.25, -0.2) is 0 Å². The molecule has 0 amide bonds. The number of aromatic nitrogens is 3. The van der Waals surface area contributed by atoms with Gasteiger partial charge in [-0.2, -0.15) is 5.10 Å². The van der Waals surface area contributed by atoms with Crippen LogP contribution in [0.1, 0.15) is 11.3 Å². The van der Waals surface area contributed by atoms with Crippen molar-refractivity contribution in [3.8, 4) is 0 Å². The first kappa shape index (κ1) is 8.74. The van der Waals surface area contributed by atoms with Gasteiger partial charge in [-0.3, -0.25) is 9.67 Å². The Morgan fingerprint density at radius 1 is 1.43 bits per heavy atom. The molecule has 0 saturated heterocycles. The van der Waals surface area contributed by atoms with Crippen molar-refractivity contribution in [1.82, 2.24) is 14.8 Å². The molecule has 0 aromatic carbocycles. The number of nitrogens with zero attached hydrogens (tertiary/aromatic N) is 3. The number of rotatable bonds is 2. The largest absolute Gasteiger partial charge is 0.382 e. The highest BCUT2D eigenvalue weighted by atomic mass is 15.3. The van der Waals surface area contributed by atoms with Gasteiger partial charge in [0.1, 0.15) is 5.82 Å². The molecule has 0 spiro atoms. The van der Waals surface area contributed by atoms with Crippen LogP contribution >= 0.6 is 0 Å². The minimum atomic E-state index is 0.584. The Kier molecular flexibility index (Phi) is 2.18. The molecule has 0 bridgehead atoms. The van der Waals surface area contributed by atoms with Crippen molar-refractivity contribution in [2.24, 2.45) is 0 Å². The third kappa shape index (κ3) is 1.74. The van der Waals surface area contributed by atoms with Gasteiger partial charge in [-0.15, -0.1) is 0 Å². The maximum atomic E-state index is 5.64. The van der Waals surface area contributed by atoms with Gasteiger partial charge in [-0.1, -0.05) is 6.07 Å². The summed E-state index contributed by atoms with van der Waals surface area (Å²) in [5, 5.41) is 4.16. The Balaban J connectivity index is 2.19. The molecule has 2 N–H and O–H groups in total. The SMILES string of the molecule is Cc1cn(Cc2ccccn2)nc1N. The zero-order valence-electron chi connectivity index (χ0n) is 8.01. The second-order valence-electron chi connectivity index (χ2n) is 3.22. The van der Waals surface area contributed by atoms with Gasteiger partial charge >= 0.3 is 0 Å².